The van der Waals surface area contributed by atoms with E-state index in [0.29, 0.717) is 0 Å². The van der Waals surface area contributed by atoms with Gasteiger partial charge in [0.2, 0.25) is 0 Å². The molecule has 7 heavy (non-hydrogen) atoms. The molecule has 1 amide bonds. The third kappa shape index (κ3) is 2.71. The van der Waals surface area contributed by atoms with Gasteiger partial charge in [-0.1, -0.05) is 0 Å². The van der Waals surface area contributed by atoms with Crippen LogP contribution in [0.15, 0.2) is 0 Å². The molecule has 0 aromatic rings. The molecule has 0 aliphatic rings. The number of alkyl halides is 2. The lowest BCUT2D eigenvalue weighted by Crippen LogP contribution is -2.17. The van der Waals surface area contributed by atoms with Crippen LogP contribution in [0.3, 0.4) is 0 Å². The van der Waals surface area contributed by atoms with E-state index in [-0.39, 0.29) is 12.0 Å². The van der Waals surface area contributed by atoms with Crippen molar-refractivity contribution in [2.75, 3.05) is 12.0 Å². The number of rotatable bonds is 3. The first-order valence-electron chi connectivity index (χ1n) is 1.59. The van der Waals surface area contributed by atoms with Gasteiger partial charge in [-0.05, 0) is 0 Å². The van der Waals surface area contributed by atoms with Gasteiger partial charge in [-0.15, -0.1) is 23.2 Å². The molecule has 0 spiro atoms. The Bertz CT molecular complexity index is 54.9. The molecule has 0 aliphatic heterocycles. The number of carbonyl (C=O) groups excluding carboxylic acids is 1. The molecule has 4 heteroatoms. The molecule has 0 saturated carbocycles. The molecule has 0 heterocycles. The largest absolute Gasteiger partial charge is 0.314 e. The van der Waals surface area contributed by atoms with E-state index in [0.717, 1.165) is 4.90 Å². The van der Waals surface area contributed by atoms with Gasteiger partial charge in [0.05, 0.1) is 12.0 Å². The van der Waals surface area contributed by atoms with E-state index in [1.54, 1.807) is 0 Å². The van der Waals surface area contributed by atoms with Gasteiger partial charge in [-0.3, -0.25) is 4.79 Å². The molecule has 0 aromatic carbocycles. The molecular weight excluding hydrogens is 137 g/mol. The molecule has 0 aromatic heterocycles. The minimum absolute atomic E-state index is 0.104. The van der Waals surface area contributed by atoms with Crippen molar-refractivity contribution in [3.05, 3.63) is 0 Å². The Kier molecular flexibility index (Phi) is 4.25. The Morgan fingerprint density at radius 1 is 1.43 bits per heavy atom. The maximum Gasteiger partial charge on any atom is 0.314 e. The first-order chi connectivity index (χ1) is 3.35. The van der Waals surface area contributed by atoms with Crippen molar-refractivity contribution >= 4 is 29.6 Å². The van der Waals surface area contributed by atoms with Gasteiger partial charge in [-0.25, -0.2) is 0 Å². The van der Waals surface area contributed by atoms with Crippen molar-refractivity contribution in [3.8, 4) is 0 Å². The van der Waals surface area contributed by atoms with Crippen molar-refractivity contribution in [1.82, 2.24) is 4.90 Å². The van der Waals surface area contributed by atoms with Crippen molar-refractivity contribution in [2.24, 2.45) is 0 Å². The summed E-state index contributed by atoms with van der Waals surface area (Å²) in [5.74, 6) is 0. The standard InChI is InChI=1S/C3H4Cl2NO/c4-1-6(2-5)3-7/h1-2H2. The highest BCUT2D eigenvalue weighted by molar-refractivity contribution is 6.20. The highest BCUT2D eigenvalue weighted by Gasteiger charge is 1.92. The predicted octanol–water partition coefficient (Wildman–Crippen LogP) is 0.748. The van der Waals surface area contributed by atoms with E-state index in [1.807, 2.05) is 0 Å². The second-order valence-corrected chi connectivity index (χ2v) is 1.35. The minimum Gasteiger partial charge on any atom is -0.307 e. The lowest BCUT2D eigenvalue weighted by molar-refractivity contribution is 0.461. The average molecular weight is 141 g/mol. The van der Waals surface area contributed by atoms with E-state index >= 15 is 0 Å². The molecule has 0 aliphatic carbocycles. The fourth-order valence-corrected chi connectivity index (χ4v) is 0.434. The molecule has 0 rings (SSSR count). The fraction of sp³-hybridized carbons (Fsp3) is 0.667. The monoisotopic (exact) mass is 140 g/mol. The zero-order valence-corrected chi connectivity index (χ0v) is 5.04. The van der Waals surface area contributed by atoms with Crippen LogP contribution in [0.5, 0.6) is 0 Å². The Morgan fingerprint density at radius 3 is 1.86 bits per heavy atom. The smallest absolute Gasteiger partial charge is 0.307 e. The van der Waals surface area contributed by atoms with Gasteiger partial charge >= 0.3 is 6.41 Å². The summed E-state index contributed by atoms with van der Waals surface area (Å²) < 4.78 is 0. The van der Waals surface area contributed by atoms with E-state index < -0.39 is 0 Å². The summed E-state index contributed by atoms with van der Waals surface area (Å²) in [7, 11) is 0. The Labute approximate surface area is 52.0 Å². The Hall–Kier alpha value is 0.0500. The summed E-state index contributed by atoms with van der Waals surface area (Å²) in [5.41, 5.74) is 0. The van der Waals surface area contributed by atoms with Crippen LogP contribution in [0.4, 0.5) is 0 Å². The lowest BCUT2D eigenvalue weighted by Gasteiger charge is -2.03. The topological polar surface area (TPSA) is 20.3 Å². The highest BCUT2D eigenvalue weighted by atomic mass is 35.5. The van der Waals surface area contributed by atoms with Crippen LogP contribution < -0.4 is 0 Å². The zero-order chi connectivity index (χ0) is 5.70. The molecule has 41 valence electrons. The SMILES string of the molecule is O=[C]N(CCl)CCl. The Balaban J connectivity index is 3.16. The normalized spacial score (nSPS) is 8.29. The molecule has 0 bridgehead atoms. The van der Waals surface area contributed by atoms with Crippen molar-refractivity contribution < 1.29 is 4.79 Å². The summed E-state index contributed by atoms with van der Waals surface area (Å²) >= 11 is 10.3. The van der Waals surface area contributed by atoms with Gasteiger partial charge < -0.3 is 4.90 Å². The molecule has 2 nitrogen and oxygen atoms in total. The molecule has 0 atom stereocenters. The highest BCUT2D eigenvalue weighted by Crippen LogP contribution is 1.86. The number of amides is 1. The third-order valence-corrected chi connectivity index (χ3v) is 0.995. The minimum atomic E-state index is 0.104. The molecule has 0 N–H and O–H groups in total. The number of nitrogens with zero attached hydrogens (tertiary/aromatic N) is 1. The Morgan fingerprint density at radius 2 is 1.86 bits per heavy atom. The summed E-state index contributed by atoms with van der Waals surface area (Å²) in [6.07, 6.45) is 1.52. The maximum atomic E-state index is 9.60. The zero-order valence-electron chi connectivity index (χ0n) is 3.53. The van der Waals surface area contributed by atoms with E-state index in [4.69, 9.17) is 23.2 Å². The van der Waals surface area contributed by atoms with Gasteiger partial charge in [-0.2, -0.15) is 0 Å². The van der Waals surface area contributed by atoms with Crippen LogP contribution in [-0.4, -0.2) is 23.3 Å². The summed E-state index contributed by atoms with van der Waals surface area (Å²) in [6.45, 7) is 0. The van der Waals surface area contributed by atoms with Gasteiger partial charge in [0.25, 0.3) is 0 Å². The average Bonchev–Trinajstić information content (AvgIpc) is 1.72. The van der Waals surface area contributed by atoms with Crippen molar-refractivity contribution in [1.29, 1.82) is 0 Å². The number of hydrogen-bond donors (Lipinski definition) is 0. The third-order valence-electron chi connectivity index (χ3n) is 0.418. The fourth-order valence-electron chi connectivity index (χ4n) is 0.0807. The van der Waals surface area contributed by atoms with Crippen molar-refractivity contribution in [2.45, 2.75) is 0 Å². The quantitative estimate of drug-likeness (QED) is 0.322. The lowest BCUT2D eigenvalue weighted by atomic mass is 11.0. The van der Waals surface area contributed by atoms with Crippen LogP contribution in [-0.2, 0) is 4.79 Å². The van der Waals surface area contributed by atoms with Gasteiger partial charge in [0.1, 0.15) is 0 Å². The summed E-state index contributed by atoms with van der Waals surface area (Å²) in [5, 5.41) is 0. The molecule has 0 saturated heterocycles. The number of halogens is 2. The second kappa shape index (κ2) is 4.22. The molecule has 1 radical (unpaired) electrons. The molecule has 0 unspecified atom stereocenters. The first-order valence-corrected chi connectivity index (χ1v) is 2.66. The van der Waals surface area contributed by atoms with E-state index in [9.17, 15) is 4.79 Å². The number of hydrogen-bond acceptors (Lipinski definition) is 1. The van der Waals surface area contributed by atoms with Gasteiger partial charge in [0, 0.05) is 0 Å². The molecule has 0 fully saturated rings. The van der Waals surface area contributed by atoms with Crippen LogP contribution in [0.25, 0.3) is 0 Å². The van der Waals surface area contributed by atoms with E-state index in [2.05, 4.69) is 0 Å². The maximum absolute atomic E-state index is 9.60. The van der Waals surface area contributed by atoms with Crippen molar-refractivity contribution in [3.63, 3.8) is 0 Å². The first kappa shape index (κ1) is 7.05. The molecular formula is C3H4Cl2NO. The van der Waals surface area contributed by atoms with Crippen LogP contribution in [0, 0.1) is 0 Å². The van der Waals surface area contributed by atoms with Crippen LogP contribution in [0.2, 0.25) is 0 Å². The second-order valence-electron chi connectivity index (χ2n) is 0.870. The predicted molar refractivity (Wildman–Crippen MR) is 29.0 cm³/mol. The summed E-state index contributed by atoms with van der Waals surface area (Å²) in [4.78, 5) is 10.7. The van der Waals surface area contributed by atoms with E-state index in [1.165, 1.54) is 6.41 Å². The summed E-state index contributed by atoms with van der Waals surface area (Å²) in [6, 6.07) is 0.208. The van der Waals surface area contributed by atoms with Gasteiger partial charge in [0.15, 0.2) is 0 Å². The van der Waals surface area contributed by atoms with Crippen LogP contribution in [0.1, 0.15) is 0 Å². The van der Waals surface area contributed by atoms with Crippen LogP contribution >= 0.6 is 23.2 Å².